The Bertz CT molecular complexity index is 2240. The van der Waals surface area contributed by atoms with E-state index in [4.69, 9.17) is 14.5 Å². The van der Waals surface area contributed by atoms with E-state index in [0.29, 0.717) is 30.7 Å². The van der Waals surface area contributed by atoms with E-state index in [1.165, 1.54) is 14.2 Å². The van der Waals surface area contributed by atoms with Crippen LogP contribution in [0.4, 0.5) is 4.79 Å². The molecule has 1 saturated heterocycles. The number of benzene rings is 2. The highest BCUT2D eigenvalue weighted by molar-refractivity contribution is 7.98. The van der Waals surface area contributed by atoms with Crippen molar-refractivity contribution in [2.45, 2.75) is 74.7 Å². The summed E-state index contributed by atoms with van der Waals surface area (Å²) >= 11 is 1.59. The number of carbonyl (C=O) groups is 3. The molecule has 7 atom stereocenters. The summed E-state index contributed by atoms with van der Waals surface area (Å²) in [5.41, 5.74) is 7.02. The zero-order valence-electron chi connectivity index (χ0n) is 33.2. The van der Waals surface area contributed by atoms with E-state index in [0.717, 1.165) is 82.2 Å². The first-order valence-electron chi connectivity index (χ1n) is 20.0. The summed E-state index contributed by atoms with van der Waals surface area (Å²) in [6.07, 6.45) is 11.1. The van der Waals surface area contributed by atoms with Crippen LogP contribution in [0.1, 0.15) is 68.2 Å². The molecule has 3 aromatic heterocycles. The van der Waals surface area contributed by atoms with E-state index in [-0.39, 0.29) is 29.7 Å². The fourth-order valence-corrected chi connectivity index (χ4v) is 9.86. The lowest BCUT2D eigenvalue weighted by Gasteiger charge is -2.30. The number of nitrogens with zero attached hydrogens (tertiary/aromatic N) is 4. The molecule has 13 nitrogen and oxygen atoms in total. The zero-order valence-corrected chi connectivity index (χ0v) is 34.1. The van der Waals surface area contributed by atoms with Crippen LogP contribution < -0.4 is 10.6 Å². The summed E-state index contributed by atoms with van der Waals surface area (Å²) in [6.45, 7) is 2.77. The smallest absolute Gasteiger partial charge is 0.407 e. The van der Waals surface area contributed by atoms with Crippen LogP contribution in [0.25, 0.3) is 33.6 Å². The SMILES string of the molecule is COC(=O)N[C@H](C(=O)N1CCC[C@H]1c1ncc(-c2ccc(-c3ccc(-c4cnc(C5C6CCC(C6)C5C(=O)NCc5cccnc5SC)[nH]4)cc3)cc2)[nH]1)[C@@H](C)OC. The van der Waals surface area contributed by atoms with Gasteiger partial charge in [-0.1, -0.05) is 54.6 Å². The van der Waals surface area contributed by atoms with E-state index in [1.54, 1.807) is 36.0 Å². The summed E-state index contributed by atoms with van der Waals surface area (Å²) in [6, 6.07) is 19.6. The number of nitrogens with one attached hydrogen (secondary N) is 4. The number of hydrogen-bond acceptors (Lipinski definition) is 9. The molecule has 3 fully saturated rings. The van der Waals surface area contributed by atoms with Crippen LogP contribution >= 0.6 is 11.8 Å². The van der Waals surface area contributed by atoms with Crippen molar-refractivity contribution in [2.24, 2.45) is 17.8 Å². The monoisotopic (exact) mass is 802 g/mol. The molecule has 2 aromatic carbocycles. The minimum absolute atomic E-state index is 0.0807. The van der Waals surface area contributed by atoms with Crippen LogP contribution in [0.2, 0.25) is 0 Å². The normalized spacial score (nSPS) is 22.1. The second kappa shape index (κ2) is 17.2. The third-order valence-corrected chi connectivity index (χ3v) is 13.1. The van der Waals surface area contributed by atoms with Crippen molar-refractivity contribution in [3.05, 3.63) is 96.5 Å². The molecule has 8 rings (SSSR count). The van der Waals surface area contributed by atoms with E-state index in [1.807, 2.05) is 24.6 Å². The fraction of sp³-hybridized carbons (Fsp3) is 0.409. The largest absolute Gasteiger partial charge is 0.453 e. The van der Waals surface area contributed by atoms with Gasteiger partial charge in [0.05, 0.1) is 49.0 Å². The molecule has 4 heterocycles. The Morgan fingerprint density at radius 2 is 1.50 bits per heavy atom. The Morgan fingerprint density at radius 3 is 2.16 bits per heavy atom. The van der Waals surface area contributed by atoms with Crippen LogP contribution in [0.3, 0.4) is 0 Å². The predicted molar refractivity (Wildman–Crippen MR) is 221 cm³/mol. The highest BCUT2D eigenvalue weighted by Crippen LogP contribution is 2.56. The van der Waals surface area contributed by atoms with Crippen molar-refractivity contribution in [3.63, 3.8) is 0 Å². The molecule has 0 spiro atoms. The van der Waals surface area contributed by atoms with Crippen LogP contribution in [0.15, 0.2) is 84.3 Å². The summed E-state index contributed by atoms with van der Waals surface area (Å²) in [4.78, 5) is 62.2. The number of pyridine rings is 1. The quantitative estimate of drug-likeness (QED) is 0.0907. The number of alkyl carbamates (subject to hydrolysis) is 1. The van der Waals surface area contributed by atoms with Gasteiger partial charge in [0, 0.05) is 37.9 Å². The molecule has 4 unspecified atom stereocenters. The Labute approximate surface area is 342 Å². The number of thioether (sulfide) groups is 1. The Morgan fingerprint density at radius 1 is 0.862 bits per heavy atom. The van der Waals surface area contributed by atoms with Crippen molar-refractivity contribution < 1.29 is 23.9 Å². The number of H-pyrrole nitrogens is 2. The minimum atomic E-state index is -0.886. The summed E-state index contributed by atoms with van der Waals surface area (Å²) in [5.74, 6) is 2.31. The van der Waals surface area contributed by atoms with Gasteiger partial charge in [0.25, 0.3) is 0 Å². The molecule has 2 bridgehead atoms. The molecule has 2 aliphatic carbocycles. The number of hydrogen-bond donors (Lipinski definition) is 4. The molecular weight excluding hydrogens is 753 g/mol. The summed E-state index contributed by atoms with van der Waals surface area (Å²) < 4.78 is 10.2. The van der Waals surface area contributed by atoms with Gasteiger partial charge in [0.2, 0.25) is 11.8 Å². The van der Waals surface area contributed by atoms with Gasteiger partial charge in [-0.05, 0) is 85.4 Å². The number of amides is 3. The van der Waals surface area contributed by atoms with Crippen LogP contribution in [-0.4, -0.2) is 86.9 Å². The molecule has 3 aliphatic rings. The molecule has 3 amide bonds. The topological polar surface area (TPSA) is 167 Å². The van der Waals surface area contributed by atoms with Crippen molar-refractivity contribution in [3.8, 4) is 33.6 Å². The van der Waals surface area contributed by atoms with Gasteiger partial charge in [-0.25, -0.2) is 19.7 Å². The summed E-state index contributed by atoms with van der Waals surface area (Å²) in [7, 11) is 2.77. The molecule has 302 valence electrons. The Kier molecular flexibility index (Phi) is 11.7. The maximum Gasteiger partial charge on any atom is 0.407 e. The average molecular weight is 803 g/mol. The van der Waals surface area contributed by atoms with Gasteiger partial charge in [0.15, 0.2) is 0 Å². The van der Waals surface area contributed by atoms with Crippen molar-refractivity contribution in [1.29, 1.82) is 0 Å². The van der Waals surface area contributed by atoms with Gasteiger partial charge in [-0.3, -0.25) is 9.59 Å². The zero-order chi connectivity index (χ0) is 40.3. The maximum absolute atomic E-state index is 13.7. The molecule has 58 heavy (non-hydrogen) atoms. The molecule has 0 radical (unpaired) electrons. The third-order valence-electron chi connectivity index (χ3n) is 12.4. The lowest BCUT2D eigenvalue weighted by Crippen LogP contribution is -2.54. The second-order valence-corrected chi connectivity index (χ2v) is 16.3. The second-order valence-electron chi connectivity index (χ2n) is 15.5. The number of carbonyl (C=O) groups excluding carboxylic acids is 3. The van der Waals surface area contributed by atoms with Gasteiger partial charge in [0.1, 0.15) is 22.7 Å². The average Bonchev–Trinajstić information content (AvgIpc) is 4.13. The first-order chi connectivity index (χ1) is 28.3. The van der Waals surface area contributed by atoms with E-state index < -0.39 is 18.2 Å². The van der Waals surface area contributed by atoms with Gasteiger partial charge in [-0.15, -0.1) is 11.8 Å². The molecule has 14 heteroatoms. The van der Waals surface area contributed by atoms with Crippen molar-refractivity contribution >= 4 is 29.7 Å². The van der Waals surface area contributed by atoms with Crippen molar-refractivity contribution in [2.75, 3.05) is 27.0 Å². The van der Waals surface area contributed by atoms with E-state index in [2.05, 4.69) is 79.1 Å². The van der Waals surface area contributed by atoms with Crippen LogP contribution in [-0.2, 0) is 25.6 Å². The first-order valence-corrected chi connectivity index (χ1v) is 21.2. The van der Waals surface area contributed by atoms with Gasteiger partial charge < -0.3 is 35.0 Å². The highest BCUT2D eigenvalue weighted by Gasteiger charge is 2.52. The number of likely N-dealkylation sites (tertiary alicyclic amines) is 1. The van der Waals surface area contributed by atoms with Crippen molar-refractivity contribution in [1.82, 2.24) is 40.5 Å². The standard InChI is InChI=1S/C44H50N8O5S/c1-25(56-2)38(51-44(55)57-3)43(54)52-20-6-8-35(52)39-46-23-33(49-39)28-13-9-26(10-14-28)27-11-15-29(16-12-27)34-24-47-40(50-34)36-30-17-18-31(21-30)37(36)41(53)48-22-32-7-5-19-45-42(32)58-4/h5,7,9-16,19,23-25,30-31,35-38H,6,8,17-18,20-22H2,1-4H3,(H,46,49)(H,47,50)(H,48,53)(H,51,55)/t25-,30?,31?,35+,36?,37?,38+/m1/s1. The molecule has 2 saturated carbocycles. The number of rotatable bonds is 13. The minimum Gasteiger partial charge on any atom is -0.453 e. The Hall–Kier alpha value is -5.47. The fourth-order valence-electron chi connectivity index (χ4n) is 9.29. The number of methoxy groups -OCH3 is 2. The van der Waals surface area contributed by atoms with Crippen LogP contribution in [0.5, 0.6) is 0 Å². The number of fused-ring (bicyclic) bond motifs is 2. The number of aromatic nitrogens is 5. The van der Waals surface area contributed by atoms with E-state index in [9.17, 15) is 14.4 Å². The number of ether oxygens (including phenoxy) is 2. The number of aromatic amines is 2. The van der Waals surface area contributed by atoms with E-state index >= 15 is 0 Å². The first kappa shape index (κ1) is 39.4. The Balaban J connectivity index is 0.916. The lowest BCUT2D eigenvalue weighted by atomic mass is 9.78. The summed E-state index contributed by atoms with van der Waals surface area (Å²) in [5, 5.41) is 6.81. The van der Waals surface area contributed by atoms with Crippen LogP contribution in [0, 0.1) is 17.8 Å². The van der Waals surface area contributed by atoms with Gasteiger partial charge in [-0.2, -0.15) is 0 Å². The predicted octanol–water partition coefficient (Wildman–Crippen LogP) is 7.12. The molecule has 4 N–H and O–H groups in total. The maximum atomic E-state index is 13.7. The number of imidazole rings is 2. The van der Waals surface area contributed by atoms with Gasteiger partial charge >= 0.3 is 6.09 Å². The molecule has 1 aliphatic heterocycles. The third kappa shape index (κ3) is 7.87. The molecular formula is C44H50N8O5S. The lowest BCUT2D eigenvalue weighted by molar-refractivity contribution is -0.137. The molecule has 5 aromatic rings. The highest BCUT2D eigenvalue weighted by atomic mass is 32.2.